The van der Waals surface area contributed by atoms with Crippen molar-refractivity contribution in [3.8, 4) is 11.5 Å². The van der Waals surface area contributed by atoms with Gasteiger partial charge in [0.1, 0.15) is 11.4 Å². The Balaban J connectivity index is 0.000000616. The smallest absolute Gasteiger partial charge is 0.292 e. The molecule has 1 aliphatic rings. The zero-order chi connectivity index (χ0) is 18.1. The van der Waals surface area contributed by atoms with Gasteiger partial charge >= 0.3 is 0 Å². The molecule has 0 bridgehead atoms. The van der Waals surface area contributed by atoms with Gasteiger partial charge in [0.2, 0.25) is 0 Å². The molecule has 1 N–H and O–H groups in total. The molecular weight excluding hydrogens is 322 g/mol. The van der Waals surface area contributed by atoms with Crippen LogP contribution in [0.1, 0.15) is 44.0 Å². The van der Waals surface area contributed by atoms with E-state index in [1.54, 1.807) is 24.8 Å². The van der Waals surface area contributed by atoms with E-state index in [2.05, 4.69) is 25.0 Å². The molecule has 0 saturated heterocycles. The fourth-order valence-electron chi connectivity index (χ4n) is 2.69. The summed E-state index contributed by atoms with van der Waals surface area (Å²) < 4.78 is 5.69. The summed E-state index contributed by atoms with van der Waals surface area (Å²) in [5.74, 6) is 0.402. The van der Waals surface area contributed by atoms with Crippen LogP contribution in [0.25, 0.3) is 11.5 Å². The highest BCUT2D eigenvalue weighted by atomic mass is 16.5. The number of imidazole rings is 1. The average molecular weight is 347 g/mol. The fraction of sp³-hybridized carbons (Fsp3) is 0.471. The van der Waals surface area contributed by atoms with E-state index in [4.69, 9.17) is 4.79 Å². The lowest BCUT2D eigenvalue weighted by Gasteiger charge is -2.22. The largest absolute Gasteiger partial charge is 0.471 e. The van der Waals surface area contributed by atoms with Gasteiger partial charge in [0.05, 0.1) is 19.6 Å². The third-order valence-corrected chi connectivity index (χ3v) is 3.97. The van der Waals surface area contributed by atoms with Crippen LogP contribution in [-0.2, 0) is 16.6 Å². The van der Waals surface area contributed by atoms with Crippen LogP contribution in [0.15, 0.2) is 24.8 Å². The number of methoxy groups -OCH3 is 1. The molecule has 1 aliphatic carbocycles. The van der Waals surface area contributed by atoms with E-state index in [0.29, 0.717) is 18.0 Å². The van der Waals surface area contributed by atoms with Crippen LogP contribution in [0.2, 0.25) is 0 Å². The van der Waals surface area contributed by atoms with Crippen molar-refractivity contribution in [2.75, 3.05) is 7.11 Å². The number of amides is 1. The van der Waals surface area contributed by atoms with E-state index in [1.807, 2.05) is 11.6 Å². The van der Waals surface area contributed by atoms with Crippen molar-refractivity contribution in [1.29, 1.82) is 0 Å². The second kappa shape index (κ2) is 9.51. The zero-order valence-electron chi connectivity index (χ0n) is 14.5. The zero-order valence-corrected chi connectivity index (χ0v) is 14.5. The minimum Gasteiger partial charge on any atom is -0.471 e. The molecule has 0 aromatic carbocycles. The number of carbonyl (C=O) groups is 2. The van der Waals surface area contributed by atoms with Gasteiger partial charge in [-0.1, -0.05) is 19.3 Å². The van der Waals surface area contributed by atoms with Gasteiger partial charge in [-0.3, -0.25) is 9.59 Å². The van der Waals surface area contributed by atoms with Gasteiger partial charge in [-0.25, -0.2) is 15.0 Å². The van der Waals surface area contributed by atoms with Gasteiger partial charge in [0.25, 0.3) is 12.4 Å². The third kappa shape index (κ3) is 5.37. The summed E-state index contributed by atoms with van der Waals surface area (Å²) in [6.07, 6.45) is 10.8. The summed E-state index contributed by atoms with van der Waals surface area (Å²) >= 11 is 0. The predicted octanol–water partition coefficient (Wildman–Crippen LogP) is 1.97. The summed E-state index contributed by atoms with van der Waals surface area (Å²) in [7, 11) is 3.19. The normalized spacial score (nSPS) is 14.2. The highest BCUT2D eigenvalue weighted by Crippen LogP contribution is 2.18. The van der Waals surface area contributed by atoms with Gasteiger partial charge in [-0.2, -0.15) is 0 Å². The van der Waals surface area contributed by atoms with Gasteiger partial charge in [0, 0.05) is 20.7 Å². The Bertz CT molecular complexity index is 701. The topological polar surface area (TPSA) is 99.0 Å². The number of nitrogens with one attached hydrogen (secondary N) is 1. The number of carbonyl (C=O) groups excluding carboxylic acids is 2. The van der Waals surface area contributed by atoms with Crippen molar-refractivity contribution in [3.05, 3.63) is 30.5 Å². The quantitative estimate of drug-likeness (QED) is 0.849. The lowest BCUT2D eigenvalue weighted by atomic mass is 9.95. The van der Waals surface area contributed by atoms with Crippen molar-refractivity contribution in [1.82, 2.24) is 24.8 Å². The lowest BCUT2D eigenvalue weighted by molar-refractivity contribution is -0.126. The SMILES string of the molecule is COC=O.Cn1cncc1-c1nccc(C(=O)NC2CCCCC2)n1.[HH]. The van der Waals surface area contributed by atoms with Crippen molar-refractivity contribution in [2.24, 2.45) is 7.05 Å². The number of aromatic nitrogens is 4. The molecule has 1 saturated carbocycles. The second-order valence-electron chi connectivity index (χ2n) is 5.80. The van der Waals surface area contributed by atoms with Crippen molar-refractivity contribution < 1.29 is 15.8 Å². The summed E-state index contributed by atoms with van der Waals surface area (Å²) in [6, 6.07) is 1.93. The first-order valence-electron chi connectivity index (χ1n) is 8.22. The summed E-state index contributed by atoms with van der Waals surface area (Å²) in [5, 5.41) is 3.07. The molecule has 1 amide bonds. The summed E-state index contributed by atoms with van der Waals surface area (Å²) in [6.45, 7) is 0.375. The Hall–Kier alpha value is -2.77. The number of ether oxygens (including phenoxy) is 1. The number of aryl methyl sites for hydroxylation is 1. The van der Waals surface area contributed by atoms with E-state index in [1.165, 1.54) is 26.4 Å². The van der Waals surface area contributed by atoms with E-state index in [-0.39, 0.29) is 13.4 Å². The minimum absolute atomic E-state index is 0. The minimum atomic E-state index is -0.118. The number of rotatable bonds is 4. The standard InChI is InChI=1S/C15H19N5O.C2H4O2.H2/c1-20-10-16-9-13(20)14-17-8-7-12(19-14)15(21)18-11-5-3-2-4-6-11;1-4-2-3;/h7-11H,2-6H2,1H3,(H,18,21);2H,1H3;1H. The molecule has 1 fully saturated rings. The number of hydrogen-bond donors (Lipinski definition) is 1. The molecule has 8 nitrogen and oxygen atoms in total. The van der Waals surface area contributed by atoms with Gasteiger partial charge < -0.3 is 14.6 Å². The third-order valence-electron chi connectivity index (χ3n) is 3.97. The Morgan fingerprint density at radius 1 is 1.40 bits per heavy atom. The highest BCUT2D eigenvalue weighted by Gasteiger charge is 2.18. The first-order valence-corrected chi connectivity index (χ1v) is 8.22. The lowest BCUT2D eigenvalue weighted by Crippen LogP contribution is -2.36. The Kier molecular flexibility index (Phi) is 7.06. The molecule has 136 valence electrons. The van der Waals surface area contributed by atoms with Gasteiger partial charge in [-0.15, -0.1) is 0 Å². The first kappa shape index (κ1) is 18.6. The maximum absolute atomic E-state index is 12.3. The van der Waals surface area contributed by atoms with Crippen LogP contribution in [-0.4, -0.2) is 45.1 Å². The molecule has 8 heteroatoms. The van der Waals surface area contributed by atoms with E-state index in [9.17, 15) is 4.79 Å². The van der Waals surface area contributed by atoms with Crippen LogP contribution in [0, 0.1) is 0 Å². The maximum atomic E-state index is 12.3. The van der Waals surface area contributed by atoms with Crippen LogP contribution < -0.4 is 5.32 Å². The average Bonchev–Trinajstić information content (AvgIpc) is 3.09. The maximum Gasteiger partial charge on any atom is 0.292 e. The molecule has 3 rings (SSSR count). The summed E-state index contributed by atoms with van der Waals surface area (Å²) in [4.78, 5) is 33.9. The van der Waals surface area contributed by atoms with E-state index in [0.717, 1.165) is 18.5 Å². The molecule has 2 heterocycles. The Labute approximate surface area is 148 Å². The Morgan fingerprint density at radius 3 is 2.72 bits per heavy atom. The molecule has 2 aromatic rings. The number of hydrogen-bond acceptors (Lipinski definition) is 6. The van der Waals surface area contributed by atoms with Crippen LogP contribution >= 0.6 is 0 Å². The fourth-order valence-corrected chi connectivity index (χ4v) is 2.69. The van der Waals surface area contributed by atoms with Crippen LogP contribution in [0.4, 0.5) is 0 Å². The molecule has 2 aromatic heterocycles. The summed E-state index contributed by atoms with van der Waals surface area (Å²) in [5.41, 5.74) is 1.20. The molecule has 0 spiro atoms. The Morgan fingerprint density at radius 2 is 2.12 bits per heavy atom. The molecular formula is C17H25N5O3. The second-order valence-corrected chi connectivity index (χ2v) is 5.80. The van der Waals surface area contributed by atoms with Gasteiger partial charge in [0.15, 0.2) is 5.82 Å². The number of nitrogens with zero attached hydrogens (tertiary/aromatic N) is 4. The van der Waals surface area contributed by atoms with Crippen molar-refractivity contribution in [2.45, 2.75) is 38.1 Å². The van der Waals surface area contributed by atoms with E-state index >= 15 is 0 Å². The van der Waals surface area contributed by atoms with Crippen molar-refractivity contribution in [3.63, 3.8) is 0 Å². The molecule has 0 unspecified atom stereocenters. The highest BCUT2D eigenvalue weighted by molar-refractivity contribution is 5.92. The molecule has 25 heavy (non-hydrogen) atoms. The molecule has 0 aliphatic heterocycles. The monoisotopic (exact) mass is 347 g/mol. The predicted molar refractivity (Wildman–Crippen MR) is 93.8 cm³/mol. The van der Waals surface area contributed by atoms with Gasteiger partial charge in [-0.05, 0) is 18.9 Å². The first-order chi connectivity index (χ1) is 12.2. The van der Waals surface area contributed by atoms with Crippen molar-refractivity contribution >= 4 is 12.4 Å². The van der Waals surface area contributed by atoms with Crippen LogP contribution in [0.3, 0.4) is 0 Å². The molecule has 0 radical (unpaired) electrons. The van der Waals surface area contributed by atoms with E-state index < -0.39 is 0 Å². The van der Waals surface area contributed by atoms with Crippen LogP contribution in [0.5, 0.6) is 0 Å². The molecule has 0 atom stereocenters.